The van der Waals surface area contributed by atoms with Crippen LogP contribution in [0, 0.1) is 17.8 Å². The van der Waals surface area contributed by atoms with E-state index in [1.165, 1.54) is 5.56 Å². The second-order valence-electron chi connectivity index (χ2n) is 6.07. The van der Waals surface area contributed by atoms with Crippen molar-refractivity contribution < 1.29 is 4.79 Å². The summed E-state index contributed by atoms with van der Waals surface area (Å²) < 4.78 is 0. The summed E-state index contributed by atoms with van der Waals surface area (Å²) in [5.74, 6) is 7.68. The van der Waals surface area contributed by atoms with E-state index >= 15 is 0 Å². The van der Waals surface area contributed by atoms with Crippen LogP contribution in [0.4, 0.5) is 0 Å². The first kappa shape index (κ1) is 15.8. The van der Waals surface area contributed by atoms with Crippen molar-refractivity contribution in [2.75, 3.05) is 13.1 Å². The van der Waals surface area contributed by atoms with Crippen LogP contribution < -0.4 is 0 Å². The number of piperidine rings is 1. The molecule has 1 saturated heterocycles. The third kappa shape index (κ3) is 5.02. The van der Waals surface area contributed by atoms with E-state index in [1.807, 2.05) is 6.07 Å². The number of carbonyl (C=O) groups excluding carboxylic acids is 1. The Morgan fingerprint density at radius 2 is 1.81 bits per heavy atom. The lowest BCUT2D eigenvalue weighted by Crippen LogP contribution is -2.43. The first-order valence-corrected chi connectivity index (χ1v) is 7.95. The van der Waals surface area contributed by atoms with Gasteiger partial charge in [-0.3, -0.25) is 9.69 Å². The maximum atomic E-state index is 11.4. The summed E-state index contributed by atoms with van der Waals surface area (Å²) in [5, 5.41) is 0. The molecule has 0 aromatic heterocycles. The Balaban J connectivity index is 1.88. The fourth-order valence-corrected chi connectivity index (χ4v) is 2.76. The number of hydrogen-bond donors (Lipinski definition) is 0. The van der Waals surface area contributed by atoms with Crippen molar-refractivity contribution in [1.82, 2.24) is 4.90 Å². The van der Waals surface area contributed by atoms with Gasteiger partial charge < -0.3 is 0 Å². The highest BCUT2D eigenvalue weighted by molar-refractivity contribution is 5.79. The molecule has 0 unspecified atom stereocenters. The molecule has 2 heteroatoms. The van der Waals surface area contributed by atoms with E-state index in [1.54, 1.807) is 0 Å². The molecule has 0 N–H and O–H groups in total. The molecule has 2 rings (SSSR count). The monoisotopic (exact) mass is 283 g/mol. The van der Waals surface area contributed by atoms with Crippen LogP contribution in [0.2, 0.25) is 0 Å². The van der Waals surface area contributed by atoms with Crippen LogP contribution in [0.25, 0.3) is 0 Å². The predicted molar refractivity (Wildman–Crippen MR) is 87.0 cm³/mol. The highest BCUT2D eigenvalue weighted by Crippen LogP contribution is 2.15. The van der Waals surface area contributed by atoms with Gasteiger partial charge >= 0.3 is 0 Å². The van der Waals surface area contributed by atoms with E-state index in [0.29, 0.717) is 24.5 Å². The third-order valence-electron chi connectivity index (χ3n) is 4.01. The van der Waals surface area contributed by atoms with E-state index in [0.717, 1.165) is 25.9 Å². The number of ketones is 1. The molecule has 2 nitrogen and oxygen atoms in total. The first-order valence-electron chi connectivity index (χ1n) is 7.95. The van der Waals surface area contributed by atoms with Crippen LogP contribution >= 0.6 is 0 Å². The zero-order valence-corrected chi connectivity index (χ0v) is 13.1. The molecule has 1 aromatic rings. The van der Waals surface area contributed by atoms with E-state index < -0.39 is 0 Å². The molecule has 1 heterocycles. The van der Waals surface area contributed by atoms with Gasteiger partial charge in [0.2, 0.25) is 0 Å². The molecule has 0 bridgehead atoms. The summed E-state index contributed by atoms with van der Waals surface area (Å²) in [4.78, 5) is 13.7. The van der Waals surface area contributed by atoms with Crippen LogP contribution in [-0.4, -0.2) is 29.8 Å². The van der Waals surface area contributed by atoms with Crippen LogP contribution in [0.5, 0.6) is 0 Å². The van der Waals surface area contributed by atoms with Gasteiger partial charge in [0, 0.05) is 32.4 Å². The van der Waals surface area contributed by atoms with Gasteiger partial charge in [-0.15, -0.1) is 5.92 Å². The Kier molecular flexibility index (Phi) is 6.02. The standard InChI is InChI=1S/C19H25NO/c1-16(2)19(20-14-12-18(21)13-15-20)11-7-6-10-17-8-4-3-5-9-17/h3-5,8-9,16,19H,6,10,12-15H2,1-2H3/t19-/m1/s1. The molecule has 1 fully saturated rings. The van der Waals surface area contributed by atoms with Gasteiger partial charge in [0.15, 0.2) is 0 Å². The summed E-state index contributed by atoms with van der Waals surface area (Å²) in [6.07, 6.45) is 3.29. The number of rotatable bonds is 4. The lowest BCUT2D eigenvalue weighted by Gasteiger charge is -2.33. The van der Waals surface area contributed by atoms with Crippen LogP contribution in [-0.2, 0) is 11.2 Å². The number of nitrogens with zero attached hydrogens (tertiary/aromatic N) is 1. The zero-order valence-electron chi connectivity index (χ0n) is 13.1. The fourth-order valence-electron chi connectivity index (χ4n) is 2.76. The Morgan fingerprint density at radius 3 is 2.43 bits per heavy atom. The molecule has 112 valence electrons. The van der Waals surface area contributed by atoms with E-state index in [-0.39, 0.29) is 6.04 Å². The van der Waals surface area contributed by atoms with Gasteiger partial charge in [-0.1, -0.05) is 50.1 Å². The largest absolute Gasteiger partial charge is 0.300 e. The Morgan fingerprint density at radius 1 is 1.14 bits per heavy atom. The Labute approximate surface area is 128 Å². The summed E-state index contributed by atoms with van der Waals surface area (Å²) in [7, 11) is 0. The minimum atomic E-state index is 0.286. The van der Waals surface area contributed by atoms with Crippen molar-refractivity contribution in [3.8, 4) is 11.8 Å². The summed E-state index contributed by atoms with van der Waals surface area (Å²) in [5.41, 5.74) is 1.34. The number of carbonyl (C=O) groups is 1. The fraction of sp³-hybridized carbons (Fsp3) is 0.526. The summed E-state index contributed by atoms with van der Waals surface area (Å²) >= 11 is 0. The number of Topliss-reactive ketones (excluding diaryl/α,β-unsaturated/α-hetero) is 1. The first-order chi connectivity index (χ1) is 10.2. The number of benzene rings is 1. The van der Waals surface area contributed by atoms with Crippen molar-refractivity contribution in [3.05, 3.63) is 35.9 Å². The second kappa shape index (κ2) is 8.00. The molecule has 21 heavy (non-hydrogen) atoms. The molecule has 0 spiro atoms. The van der Waals surface area contributed by atoms with Crippen molar-refractivity contribution >= 4 is 5.78 Å². The van der Waals surface area contributed by atoms with E-state index in [2.05, 4.69) is 54.9 Å². The van der Waals surface area contributed by atoms with Crippen LogP contribution in [0.1, 0.15) is 38.7 Å². The number of likely N-dealkylation sites (tertiary alicyclic amines) is 1. The highest BCUT2D eigenvalue weighted by Gasteiger charge is 2.24. The van der Waals surface area contributed by atoms with Crippen molar-refractivity contribution in [3.63, 3.8) is 0 Å². The quantitative estimate of drug-likeness (QED) is 0.790. The van der Waals surface area contributed by atoms with Crippen molar-refractivity contribution in [2.45, 2.75) is 45.6 Å². The Bertz CT molecular complexity index is 499. The van der Waals surface area contributed by atoms with Gasteiger partial charge in [-0.05, 0) is 17.9 Å². The molecule has 0 saturated carbocycles. The molecular formula is C19H25NO. The van der Waals surface area contributed by atoms with Gasteiger partial charge in [-0.2, -0.15) is 0 Å². The minimum absolute atomic E-state index is 0.286. The highest BCUT2D eigenvalue weighted by atomic mass is 16.1. The van der Waals surface area contributed by atoms with E-state index in [4.69, 9.17) is 0 Å². The molecule has 0 radical (unpaired) electrons. The van der Waals surface area contributed by atoms with Gasteiger partial charge in [-0.25, -0.2) is 0 Å². The van der Waals surface area contributed by atoms with E-state index in [9.17, 15) is 4.79 Å². The van der Waals surface area contributed by atoms with Gasteiger partial charge in [0.25, 0.3) is 0 Å². The Hall–Kier alpha value is -1.59. The normalized spacial score (nSPS) is 17.4. The smallest absolute Gasteiger partial charge is 0.135 e. The zero-order chi connectivity index (χ0) is 15.1. The average molecular weight is 283 g/mol. The summed E-state index contributed by atoms with van der Waals surface area (Å²) in [6, 6.07) is 10.8. The molecular weight excluding hydrogens is 258 g/mol. The average Bonchev–Trinajstić information content (AvgIpc) is 2.49. The SMILES string of the molecule is CC(C)[C@@H](C#CCCc1ccccc1)N1CCC(=O)CC1. The maximum Gasteiger partial charge on any atom is 0.135 e. The lowest BCUT2D eigenvalue weighted by atomic mass is 9.99. The molecule has 1 atom stereocenters. The van der Waals surface area contributed by atoms with Crippen LogP contribution in [0.3, 0.4) is 0 Å². The predicted octanol–water partition coefficient (Wildman–Crippen LogP) is 3.31. The third-order valence-corrected chi connectivity index (χ3v) is 4.01. The van der Waals surface area contributed by atoms with Gasteiger partial charge in [0.1, 0.15) is 5.78 Å². The topological polar surface area (TPSA) is 20.3 Å². The molecule has 0 aliphatic carbocycles. The summed E-state index contributed by atoms with van der Waals surface area (Å²) in [6.45, 7) is 6.17. The second-order valence-corrected chi connectivity index (χ2v) is 6.07. The molecule has 1 aliphatic heterocycles. The molecule has 1 aromatic carbocycles. The lowest BCUT2D eigenvalue weighted by molar-refractivity contribution is -0.121. The van der Waals surface area contributed by atoms with Crippen molar-refractivity contribution in [2.24, 2.45) is 5.92 Å². The molecule has 1 aliphatic rings. The molecule has 0 amide bonds. The maximum absolute atomic E-state index is 11.4. The minimum Gasteiger partial charge on any atom is -0.300 e. The number of hydrogen-bond acceptors (Lipinski definition) is 2. The van der Waals surface area contributed by atoms with Crippen molar-refractivity contribution in [1.29, 1.82) is 0 Å². The number of aryl methyl sites for hydroxylation is 1. The van der Waals surface area contributed by atoms with Gasteiger partial charge in [0.05, 0.1) is 6.04 Å². The van der Waals surface area contributed by atoms with Crippen LogP contribution in [0.15, 0.2) is 30.3 Å².